The Labute approximate surface area is 114 Å². The molecule has 1 aromatic carbocycles. The molecule has 0 unspecified atom stereocenters. The molecule has 2 aromatic rings. The summed E-state index contributed by atoms with van der Waals surface area (Å²) >= 11 is 1.30. The highest BCUT2D eigenvalue weighted by molar-refractivity contribution is 7.16. The zero-order chi connectivity index (χ0) is 13.8. The molecular weight excluding hydrogens is 262 g/mol. The summed E-state index contributed by atoms with van der Waals surface area (Å²) in [6, 6.07) is 11.4. The number of hydrogen-bond donors (Lipinski definition) is 2. The molecule has 1 aromatic heterocycles. The number of carbonyl (C=O) groups is 2. The summed E-state index contributed by atoms with van der Waals surface area (Å²) in [5.41, 5.74) is 1.25. The second-order valence-corrected chi connectivity index (χ2v) is 5.24. The van der Waals surface area contributed by atoms with Crippen LogP contribution in [0.25, 0.3) is 0 Å². The Bertz CT molecular complexity index is 604. The van der Waals surface area contributed by atoms with E-state index in [9.17, 15) is 9.59 Å². The number of thiophene rings is 1. The first kappa shape index (κ1) is 13.3. The van der Waals surface area contributed by atoms with Gasteiger partial charge in [0.1, 0.15) is 5.00 Å². The fourth-order valence-electron chi connectivity index (χ4n) is 1.74. The van der Waals surface area contributed by atoms with Crippen molar-refractivity contribution >= 4 is 28.2 Å². The predicted molar refractivity (Wildman–Crippen MR) is 74.8 cm³/mol. The van der Waals surface area contributed by atoms with Crippen LogP contribution in [0, 0.1) is 0 Å². The zero-order valence-corrected chi connectivity index (χ0v) is 11.2. The average Bonchev–Trinajstić information content (AvgIpc) is 2.72. The van der Waals surface area contributed by atoms with E-state index in [1.54, 1.807) is 6.07 Å². The summed E-state index contributed by atoms with van der Waals surface area (Å²) in [6.07, 6.45) is 0.658. The largest absolute Gasteiger partial charge is 0.478 e. The van der Waals surface area contributed by atoms with Crippen molar-refractivity contribution < 1.29 is 14.7 Å². The van der Waals surface area contributed by atoms with Crippen LogP contribution in [0.15, 0.2) is 36.4 Å². The normalized spacial score (nSPS) is 10.2. The molecule has 1 heterocycles. The van der Waals surface area contributed by atoms with Crippen molar-refractivity contribution in [2.75, 3.05) is 5.32 Å². The number of rotatable bonds is 4. The maximum atomic E-state index is 11.1. The van der Waals surface area contributed by atoms with E-state index in [0.29, 0.717) is 11.4 Å². The topological polar surface area (TPSA) is 66.4 Å². The summed E-state index contributed by atoms with van der Waals surface area (Å²) in [5.74, 6) is -1.30. The number of hydrogen-bond acceptors (Lipinski definition) is 3. The monoisotopic (exact) mass is 275 g/mol. The summed E-state index contributed by atoms with van der Waals surface area (Å²) in [4.78, 5) is 23.1. The molecule has 0 aliphatic carbocycles. The van der Waals surface area contributed by atoms with Crippen molar-refractivity contribution in [2.45, 2.75) is 13.3 Å². The molecule has 5 heteroatoms. The van der Waals surface area contributed by atoms with E-state index in [4.69, 9.17) is 5.11 Å². The minimum absolute atomic E-state index is 0.145. The third kappa shape index (κ3) is 3.42. The van der Waals surface area contributed by atoms with E-state index < -0.39 is 5.97 Å². The van der Waals surface area contributed by atoms with Crippen LogP contribution < -0.4 is 5.32 Å². The minimum atomic E-state index is -1.03. The van der Waals surface area contributed by atoms with Crippen molar-refractivity contribution in [2.24, 2.45) is 0 Å². The predicted octanol–water partition coefficient (Wildman–Crippen LogP) is 3.00. The lowest BCUT2D eigenvalue weighted by Gasteiger charge is -1.99. The van der Waals surface area contributed by atoms with Gasteiger partial charge in [-0.2, -0.15) is 0 Å². The number of aromatic carboxylic acids is 1. The SMILES string of the molecule is CC(=O)Nc1sc(Cc2ccccc2)cc1C(=O)O. The number of benzene rings is 1. The third-order valence-electron chi connectivity index (χ3n) is 2.52. The van der Waals surface area contributed by atoms with Gasteiger partial charge in [-0.1, -0.05) is 30.3 Å². The molecule has 98 valence electrons. The number of carboxylic acids is 1. The molecule has 0 saturated carbocycles. The van der Waals surface area contributed by atoms with Gasteiger partial charge in [-0.3, -0.25) is 4.79 Å². The van der Waals surface area contributed by atoms with Gasteiger partial charge < -0.3 is 10.4 Å². The highest BCUT2D eigenvalue weighted by atomic mass is 32.1. The lowest BCUT2D eigenvalue weighted by atomic mass is 10.1. The third-order valence-corrected chi connectivity index (χ3v) is 3.57. The van der Waals surface area contributed by atoms with Gasteiger partial charge in [-0.25, -0.2) is 4.79 Å². The van der Waals surface area contributed by atoms with Crippen LogP contribution in [0.4, 0.5) is 5.00 Å². The molecule has 0 saturated heterocycles. The fourth-order valence-corrected chi connectivity index (χ4v) is 2.87. The Morgan fingerprint density at radius 3 is 2.53 bits per heavy atom. The molecular formula is C14H13NO3S. The van der Waals surface area contributed by atoms with Gasteiger partial charge in [0.05, 0.1) is 5.56 Å². The summed E-state index contributed by atoms with van der Waals surface area (Å²) in [5, 5.41) is 12.1. The van der Waals surface area contributed by atoms with Crippen molar-refractivity contribution in [3.8, 4) is 0 Å². The molecule has 2 N–H and O–H groups in total. The molecule has 19 heavy (non-hydrogen) atoms. The Morgan fingerprint density at radius 2 is 1.95 bits per heavy atom. The molecule has 0 aliphatic heterocycles. The number of carboxylic acid groups (broad SMARTS) is 1. The van der Waals surface area contributed by atoms with Gasteiger partial charge in [0, 0.05) is 18.2 Å². The number of anilines is 1. The Hall–Kier alpha value is -2.14. The van der Waals surface area contributed by atoms with E-state index in [-0.39, 0.29) is 11.5 Å². The molecule has 0 atom stereocenters. The number of carbonyl (C=O) groups excluding carboxylic acids is 1. The van der Waals surface area contributed by atoms with Crippen LogP contribution in [-0.4, -0.2) is 17.0 Å². The van der Waals surface area contributed by atoms with Crippen molar-refractivity contribution in [1.29, 1.82) is 0 Å². The fraction of sp³-hybridized carbons (Fsp3) is 0.143. The highest BCUT2D eigenvalue weighted by Gasteiger charge is 2.16. The van der Waals surface area contributed by atoms with Crippen LogP contribution in [0.1, 0.15) is 27.7 Å². The molecule has 4 nitrogen and oxygen atoms in total. The maximum absolute atomic E-state index is 11.1. The van der Waals surface area contributed by atoms with E-state index >= 15 is 0 Å². The highest BCUT2D eigenvalue weighted by Crippen LogP contribution is 2.29. The first-order chi connectivity index (χ1) is 9.06. The van der Waals surface area contributed by atoms with Crippen molar-refractivity contribution in [3.63, 3.8) is 0 Å². The second kappa shape index (κ2) is 5.67. The summed E-state index contributed by atoms with van der Waals surface area (Å²) in [7, 11) is 0. The maximum Gasteiger partial charge on any atom is 0.338 e. The van der Waals surface area contributed by atoms with Gasteiger partial charge in [-0.05, 0) is 11.6 Å². The molecule has 1 amide bonds. The standard InChI is InChI=1S/C14H13NO3S/c1-9(16)15-13-12(14(17)18)8-11(19-13)7-10-5-3-2-4-6-10/h2-6,8H,7H2,1H3,(H,15,16)(H,17,18). The quantitative estimate of drug-likeness (QED) is 0.901. The second-order valence-electron chi connectivity index (χ2n) is 4.10. The summed E-state index contributed by atoms with van der Waals surface area (Å²) < 4.78 is 0. The smallest absolute Gasteiger partial charge is 0.338 e. The first-order valence-electron chi connectivity index (χ1n) is 5.74. The Kier molecular flexibility index (Phi) is 3.97. The van der Waals surface area contributed by atoms with Crippen LogP contribution in [-0.2, 0) is 11.2 Å². The molecule has 0 fully saturated rings. The van der Waals surface area contributed by atoms with Crippen LogP contribution in [0.5, 0.6) is 0 Å². The minimum Gasteiger partial charge on any atom is -0.478 e. The van der Waals surface area contributed by atoms with Crippen LogP contribution in [0.3, 0.4) is 0 Å². The van der Waals surface area contributed by atoms with E-state index in [1.807, 2.05) is 30.3 Å². The molecule has 2 rings (SSSR count). The zero-order valence-electron chi connectivity index (χ0n) is 10.3. The van der Waals surface area contributed by atoms with E-state index in [2.05, 4.69) is 5.32 Å². The lowest BCUT2D eigenvalue weighted by Crippen LogP contribution is -2.07. The molecule has 0 aliphatic rings. The van der Waals surface area contributed by atoms with Gasteiger partial charge >= 0.3 is 5.97 Å². The average molecular weight is 275 g/mol. The lowest BCUT2D eigenvalue weighted by molar-refractivity contribution is -0.114. The molecule has 0 bridgehead atoms. The van der Waals surface area contributed by atoms with E-state index in [1.165, 1.54) is 18.3 Å². The Morgan fingerprint density at radius 1 is 1.26 bits per heavy atom. The summed E-state index contributed by atoms with van der Waals surface area (Å²) in [6.45, 7) is 1.36. The van der Waals surface area contributed by atoms with Crippen molar-refractivity contribution in [1.82, 2.24) is 0 Å². The first-order valence-corrected chi connectivity index (χ1v) is 6.55. The van der Waals surface area contributed by atoms with Gasteiger partial charge in [0.2, 0.25) is 5.91 Å². The van der Waals surface area contributed by atoms with E-state index in [0.717, 1.165) is 10.4 Å². The van der Waals surface area contributed by atoms with Crippen LogP contribution in [0.2, 0.25) is 0 Å². The molecule has 0 radical (unpaired) electrons. The van der Waals surface area contributed by atoms with Crippen LogP contribution >= 0.6 is 11.3 Å². The van der Waals surface area contributed by atoms with Gasteiger partial charge in [-0.15, -0.1) is 11.3 Å². The van der Waals surface area contributed by atoms with Gasteiger partial charge in [0.25, 0.3) is 0 Å². The Balaban J connectivity index is 2.27. The number of amides is 1. The van der Waals surface area contributed by atoms with Gasteiger partial charge in [0.15, 0.2) is 0 Å². The molecule has 0 spiro atoms. The number of nitrogens with one attached hydrogen (secondary N) is 1. The van der Waals surface area contributed by atoms with Crippen molar-refractivity contribution in [3.05, 3.63) is 52.4 Å².